The normalized spacial score (nSPS) is 24.5. The molecule has 1 heterocycles. The van der Waals surface area contributed by atoms with Crippen LogP contribution < -0.4 is 21.3 Å². The number of fused-ring (bicyclic) bond motifs is 1. The van der Waals surface area contributed by atoms with Crippen molar-refractivity contribution < 1.29 is 19.2 Å². The molecule has 4 N–H and O–H groups in total. The summed E-state index contributed by atoms with van der Waals surface area (Å²) in [5.41, 5.74) is 0.660. The molecule has 0 aromatic carbocycles. The number of rotatable bonds is 17. The van der Waals surface area contributed by atoms with E-state index in [1.165, 1.54) is 12.3 Å². The number of allylic oxidation sites excluding steroid dienone is 2. The third-order valence-corrected chi connectivity index (χ3v) is 11.0. The van der Waals surface area contributed by atoms with Gasteiger partial charge >= 0.3 is 0 Å². The first-order valence-corrected chi connectivity index (χ1v) is 19.0. The first kappa shape index (κ1) is 39.1. The first-order valence-electron chi connectivity index (χ1n) is 19.0. The minimum absolute atomic E-state index is 0.0394. The molecule has 10 nitrogen and oxygen atoms in total. The van der Waals surface area contributed by atoms with Crippen molar-refractivity contribution in [3.05, 3.63) is 49.0 Å². The lowest BCUT2D eigenvalue weighted by Crippen LogP contribution is -2.59. The third-order valence-electron chi connectivity index (χ3n) is 11.0. The molecule has 6 atom stereocenters. The molecule has 10 heteroatoms. The SMILES string of the molecule is C=C/C=N\C(=C/C)C(=O)N[C@H](C(=C)NC(C(=O)N1C[C@@H]2CCC[C@@H]2[C@H]1C(=O)N[C@@H](CCC)C(=O)C(=C)NC1CC1)C(C)(C)C)C1CCCCC1. The van der Waals surface area contributed by atoms with Gasteiger partial charge in [-0.1, -0.05) is 91.7 Å². The van der Waals surface area contributed by atoms with Crippen molar-refractivity contribution in [3.63, 3.8) is 0 Å². The predicted octanol–water partition coefficient (Wildman–Crippen LogP) is 5.48. The van der Waals surface area contributed by atoms with Gasteiger partial charge < -0.3 is 26.2 Å². The van der Waals surface area contributed by atoms with Gasteiger partial charge in [0.15, 0.2) is 5.78 Å². The van der Waals surface area contributed by atoms with Gasteiger partial charge in [0.2, 0.25) is 11.8 Å². The standard InChI is InChI=1S/C40H62N6O4/c1-9-16-32(35(47)26(5)42-29-21-22-29)44-38(49)34-30-20-15-19-28(30)24-46(34)39(50)36(40(6,7)8)43-25(4)33(27-17-13-12-14-18-27)45-37(48)31(11-3)41-23-10-2/h10-11,23,27-30,32-34,36,42-43H,2,4-5,9,12-22,24H2,1,3,6-8H3,(H,44,49)(H,45,48)/b31-11-,41-23-/t28-,30-,32-,33+,34-,36?/m0/s1. The third kappa shape index (κ3) is 9.75. The van der Waals surface area contributed by atoms with Crippen molar-refractivity contribution in [3.8, 4) is 0 Å². The fraction of sp³-hybridized carbons (Fsp3) is 0.675. The second-order valence-electron chi connectivity index (χ2n) is 15.9. The lowest BCUT2D eigenvalue weighted by atomic mass is 9.81. The Hall–Kier alpha value is -3.69. The maximum Gasteiger partial charge on any atom is 0.270 e. The summed E-state index contributed by atoms with van der Waals surface area (Å²) in [7, 11) is 0. The van der Waals surface area contributed by atoms with Gasteiger partial charge in [-0.3, -0.25) is 24.2 Å². The van der Waals surface area contributed by atoms with Gasteiger partial charge in [-0.05, 0) is 75.0 Å². The van der Waals surface area contributed by atoms with Gasteiger partial charge in [-0.2, -0.15) is 0 Å². The molecule has 50 heavy (non-hydrogen) atoms. The van der Waals surface area contributed by atoms with Gasteiger partial charge in [-0.25, -0.2) is 0 Å². The Balaban J connectivity index is 1.57. The number of hydrogen-bond donors (Lipinski definition) is 4. The Kier molecular flexibility index (Phi) is 13.7. The minimum atomic E-state index is -0.706. The molecule has 4 fully saturated rings. The van der Waals surface area contributed by atoms with Crippen LogP contribution in [-0.2, 0) is 19.2 Å². The molecule has 1 saturated heterocycles. The molecule has 3 aliphatic carbocycles. The molecule has 4 aliphatic rings. The Bertz CT molecular complexity index is 1350. The molecular formula is C40H62N6O4. The van der Waals surface area contributed by atoms with Gasteiger partial charge in [0.1, 0.15) is 17.8 Å². The highest BCUT2D eigenvalue weighted by Crippen LogP contribution is 2.43. The average molecular weight is 691 g/mol. The van der Waals surface area contributed by atoms with Gasteiger partial charge in [0.05, 0.1) is 17.8 Å². The molecular weight excluding hydrogens is 628 g/mol. The molecule has 0 bridgehead atoms. The summed E-state index contributed by atoms with van der Waals surface area (Å²) in [5, 5.41) is 13.0. The molecule has 3 saturated carbocycles. The van der Waals surface area contributed by atoms with Gasteiger partial charge in [0, 0.05) is 24.5 Å². The van der Waals surface area contributed by atoms with Crippen LogP contribution in [0.1, 0.15) is 112 Å². The zero-order valence-electron chi connectivity index (χ0n) is 31.2. The lowest BCUT2D eigenvalue weighted by molar-refractivity contribution is -0.143. The van der Waals surface area contributed by atoms with Gasteiger partial charge in [0.25, 0.3) is 5.91 Å². The number of ketones is 1. The highest BCUT2D eigenvalue weighted by Gasteiger charge is 2.52. The van der Waals surface area contributed by atoms with Crippen molar-refractivity contribution >= 4 is 29.7 Å². The molecule has 1 aliphatic heterocycles. The largest absolute Gasteiger partial charge is 0.380 e. The number of nitrogens with zero attached hydrogens (tertiary/aromatic N) is 2. The number of carbonyl (C=O) groups is 4. The van der Waals surface area contributed by atoms with E-state index in [4.69, 9.17) is 0 Å². The second kappa shape index (κ2) is 17.5. The monoisotopic (exact) mass is 690 g/mol. The van der Waals surface area contributed by atoms with E-state index in [0.29, 0.717) is 24.4 Å². The van der Waals surface area contributed by atoms with Crippen LogP contribution in [0.4, 0.5) is 0 Å². The highest BCUT2D eigenvalue weighted by atomic mass is 16.2. The van der Waals surface area contributed by atoms with Crippen molar-refractivity contribution in [1.29, 1.82) is 0 Å². The summed E-state index contributed by atoms with van der Waals surface area (Å²) in [6.45, 7) is 22.3. The second-order valence-corrected chi connectivity index (χ2v) is 15.9. The molecule has 0 radical (unpaired) electrons. The Morgan fingerprint density at radius 3 is 2.24 bits per heavy atom. The van der Waals surface area contributed by atoms with Crippen molar-refractivity contribution in [1.82, 2.24) is 26.2 Å². The van der Waals surface area contributed by atoms with Crippen LogP contribution >= 0.6 is 0 Å². The minimum Gasteiger partial charge on any atom is -0.380 e. The fourth-order valence-corrected chi connectivity index (χ4v) is 8.10. The van der Waals surface area contributed by atoms with Crippen molar-refractivity contribution in [2.75, 3.05) is 6.54 Å². The molecule has 0 spiro atoms. The Morgan fingerprint density at radius 1 is 0.940 bits per heavy atom. The fourth-order valence-electron chi connectivity index (χ4n) is 8.10. The summed E-state index contributed by atoms with van der Waals surface area (Å²) < 4.78 is 0. The first-order chi connectivity index (χ1) is 23.8. The van der Waals surface area contributed by atoms with Crippen LogP contribution in [0.15, 0.2) is 54.0 Å². The number of Topliss-reactive ketones (excluding diaryl/α,β-unsaturated/α-hetero) is 1. The number of nitrogens with one attached hydrogen (secondary N) is 4. The number of carbonyl (C=O) groups excluding carboxylic acids is 4. The van der Waals surface area contributed by atoms with Crippen LogP contribution in [0, 0.1) is 23.2 Å². The Labute approximate surface area is 300 Å². The zero-order chi connectivity index (χ0) is 36.6. The van der Waals surface area contributed by atoms with E-state index in [1.54, 1.807) is 17.9 Å². The Morgan fingerprint density at radius 2 is 1.64 bits per heavy atom. The van der Waals surface area contributed by atoms with E-state index < -0.39 is 29.6 Å². The maximum atomic E-state index is 14.8. The topological polar surface area (TPSA) is 132 Å². The maximum absolute atomic E-state index is 14.8. The summed E-state index contributed by atoms with van der Waals surface area (Å²) in [6.07, 6.45) is 16.0. The van der Waals surface area contributed by atoms with Crippen molar-refractivity contribution in [2.24, 2.45) is 28.2 Å². The van der Waals surface area contributed by atoms with Crippen LogP contribution in [0.2, 0.25) is 0 Å². The molecule has 1 unspecified atom stereocenters. The smallest absolute Gasteiger partial charge is 0.270 e. The molecule has 3 amide bonds. The van der Waals surface area contributed by atoms with E-state index in [0.717, 1.165) is 70.6 Å². The number of hydrogen-bond acceptors (Lipinski definition) is 7. The van der Waals surface area contributed by atoms with Crippen LogP contribution in [0.3, 0.4) is 0 Å². The van der Waals surface area contributed by atoms with E-state index in [-0.39, 0.29) is 53.0 Å². The molecule has 4 rings (SSSR count). The zero-order valence-corrected chi connectivity index (χ0v) is 31.2. The van der Waals surface area contributed by atoms with Crippen LogP contribution in [0.25, 0.3) is 0 Å². The van der Waals surface area contributed by atoms with Gasteiger partial charge in [-0.15, -0.1) is 0 Å². The van der Waals surface area contributed by atoms with Crippen molar-refractivity contribution in [2.45, 2.75) is 142 Å². The molecule has 276 valence electrons. The lowest BCUT2D eigenvalue weighted by Gasteiger charge is -2.40. The molecule has 0 aromatic rings. The predicted molar refractivity (Wildman–Crippen MR) is 200 cm³/mol. The van der Waals surface area contributed by atoms with E-state index in [2.05, 4.69) is 46.0 Å². The quantitative estimate of drug-likeness (QED) is 0.118. The summed E-state index contributed by atoms with van der Waals surface area (Å²) in [6, 6.07) is -2.20. The van der Waals surface area contributed by atoms with Crippen LogP contribution in [-0.4, -0.2) is 71.4 Å². The number of aliphatic imine (C=N–C) groups is 1. The number of amides is 3. The summed E-state index contributed by atoms with van der Waals surface area (Å²) >= 11 is 0. The van der Waals surface area contributed by atoms with E-state index >= 15 is 0 Å². The van der Waals surface area contributed by atoms with E-state index in [1.807, 2.05) is 27.7 Å². The summed E-state index contributed by atoms with van der Waals surface area (Å²) in [4.78, 5) is 61.9. The summed E-state index contributed by atoms with van der Waals surface area (Å²) in [5.74, 6) is -0.498. The van der Waals surface area contributed by atoms with Crippen LogP contribution in [0.5, 0.6) is 0 Å². The van der Waals surface area contributed by atoms with E-state index in [9.17, 15) is 19.2 Å². The highest BCUT2D eigenvalue weighted by molar-refractivity contribution is 6.01. The molecule has 0 aromatic heterocycles. The number of likely N-dealkylation sites (tertiary alicyclic amines) is 1. The average Bonchev–Trinajstić information content (AvgIpc) is 3.65.